The number of benzene rings is 1. The number of ether oxygens (including phenoxy) is 2. The molecule has 30 heavy (non-hydrogen) atoms. The second kappa shape index (κ2) is 10.9. The van der Waals surface area contributed by atoms with Gasteiger partial charge in [-0.2, -0.15) is 4.31 Å². The van der Waals surface area contributed by atoms with Crippen molar-refractivity contribution in [3.05, 3.63) is 18.2 Å². The Morgan fingerprint density at radius 3 is 2.67 bits per heavy atom. The molecule has 9 nitrogen and oxygen atoms in total. The van der Waals surface area contributed by atoms with Crippen LogP contribution in [0.1, 0.15) is 26.2 Å². The number of nitrogens with zero attached hydrogens (tertiary/aromatic N) is 1. The van der Waals surface area contributed by atoms with Crippen LogP contribution in [0.3, 0.4) is 0 Å². The predicted molar refractivity (Wildman–Crippen MR) is 115 cm³/mol. The van der Waals surface area contributed by atoms with Gasteiger partial charge in [-0.1, -0.05) is 6.92 Å². The minimum atomic E-state index is -3.62. The minimum absolute atomic E-state index is 0.0651. The molecule has 1 aromatic carbocycles. The van der Waals surface area contributed by atoms with Gasteiger partial charge >= 0.3 is 0 Å². The third-order valence-electron chi connectivity index (χ3n) is 5.15. The first-order valence-electron chi connectivity index (χ1n) is 10.6. The molecule has 3 rings (SSSR count). The molecule has 2 aliphatic heterocycles. The number of carbonyl (C=O) groups is 1. The van der Waals surface area contributed by atoms with Gasteiger partial charge in [0.25, 0.3) is 0 Å². The van der Waals surface area contributed by atoms with Gasteiger partial charge < -0.3 is 25.4 Å². The average Bonchev–Trinajstić information content (AvgIpc) is 3.29. The van der Waals surface area contributed by atoms with Crippen LogP contribution < -0.4 is 16.0 Å². The summed E-state index contributed by atoms with van der Waals surface area (Å²) in [6.45, 7) is 5.52. The molecule has 2 fully saturated rings. The van der Waals surface area contributed by atoms with E-state index in [1.54, 1.807) is 18.2 Å². The Kier molecular flexibility index (Phi) is 8.32. The normalized spacial score (nSPS) is 20.1. The zero-order valence-electron chi connectivity index (χ0n) is 17.5. The third kappa shape index (κ3) is 6.07. The Labute approximate surface area is 178 Å². The molecule has 1 amide bonds. The first kappa shape index (κ1) is 22.8. The Hall–Kier alpha value is -1.88. The summed E-state index contributed by atoms with van der Waals surface area (Å²) in [6, 6.07) is 4.94. The highest BCUT2D eigenvalue weighted by molar-refractivity contribution is 7.89. The highest BCUT2D eigenvalue weighted by Gasteiger charge is 2.27. The van der Waals surface area contributed by atoms with Crippen molar-refractivity contribution in [3.8, 4) is 0 Å². The van der Waals surface area contributed by atoms with E-state index in [0.717, 1.165) is 31.6 Å². The molecule has 3 N–H and O–H groups in total. The van der Waals surface area contributed by atoms with Gasteiger partial charge in [-0.25, -0.2) is 8.42 Å². The molecular formula is C20H32N4O5S. The van der Waals surface area contributed by atoms with Crippen LogP contribution in [0.4, 0.5) is 11.4 Å². The van der Waals surface area contributed by atoms with Crippen LogP contribution in [-0.4, -0.2) is 77.3 Å². The van der Waals surface area contributed by atoms with E-state index < -0.39 is 10.0 Å². The standard InChI is InChI=1S/C20H32N4O5S/c1-2-7-21-20(25)15-23-19-13-17(30(26,27)24-8-11-28-12-9-24)5-6-18(19)22-14-16-4-3-10-29-16/h5-6,13,16,22-23H,2-4,7-12,14-15H2,1H3,(H,21,25). The molecule has 0 saturated carbocycles. The smallest absolute Gasteiger partial charge is 0.243 e. The first-order chi connectivity index (χ1) is 14.5. The minimum Gasteiger partial charge on any atom is -0.381 e. The molecule has 0 radical (unpaired) electrons. The van der Waals surface area contributed by atoms with E-state index >= 15 is 0 Å². The molecule has 0 spiro atoms. The van der Waals surface area contributed by atoms with Gasteiger partial charge in [0.1, 0.15) is 0 Å². The summed E-state index contributed by atoms with van der Waals surface area (Å²) in [7, 11) is -3.62. The maximum absolute atomic E-state index is 13.0. The Bertz CT molecular complexity index is 805. The van der Waals surface area contributed by atoms with Crippen LogP contribution in [0.5, 0.6) is 0 Å². The lowest BCUT2D eigenvalue weighted by Crippen LogP contribution is -2.40. The molecule has 0 aliphatic carbocycles. The van der Waals surface area contributed by atoms with Crippen LogP contribution in [-0.2, 0) is 24.3 Å². The van der Waals surface area contributed by atoms with Gasteiger partial charge in [0.15, 0.2) is 0 Å². The maximum Gasteiger partial charge on any atom is 0.243 e. The van der Waals surface area contributed by atoms with Crippen LogP contribution in [0, 0.1) is 0 Å². The van der Waals surface area contributed by atoms with Crippen molar-refractivity contribution in [1.29, 1.82) is 0 Å². The molecular weight excluding hydrogens is 408 g/mol. The Balaban J connectivity index is 1.76. The van der Waals surface area contributed by atoms with Gasteiger partial charge in [-0.05, 0) is 37.5 Å². The summed E-state index contributed by atoms with van der Waals surface area (Å²) in [4.78, 5) is 12.2. The number of carbonyl (C=O) groups excluding carboxylic acids is 1. The van der Waals surface area contributed by atoms with Gasteiger partial charge in [0.2, 0.25) is 15.9 Å². The number of morpholine rings is 1. The van der Waals surface area contributed by atoms with E-state index in [1.165, 1.54) is 4.31 Å². The van der Waals surface area contributed by atoms with E-state index in [0.29, 0.717) is 45.1 Å². The molecule has 0 aromatic heterocycles. The highest BCUT2D eigenvalue weighted by Crippen LogP contribution is 2.28. The number of anilines is 2. The summed E-state index contributed by atoms with van der Waals surface area (Å²) < 4.78 is 38.4. The van der Waals surface area contributed by atoms with Gasteiger partial charge in [0.05, 0.1) is 42.1 Å². The van der Waals surface area contributed by atoms with Crippen LogP contribution in [0.25, 0.3) is 0 Å². The molecule has 2 heterocycles. The lowest BCUT2D eigenvalue weighted by atomic mass is 10.2. The highest BCUT2D eigenvalue weighted by atomic mass is 32.2. The van der Waals surface area contributed by atoms with Crippen molar-refractivity contribution in [2.45, 2.75) is 37.2 Å². The van der Waals surface area contributed by atoms with Gasteiger partial charge in [0, 0.05) is 32.8 Å². The van der Waals surface area contributed by atoms with Crippen LogP contribution in [0.15, 0.2) is 23.1 Å². The number of hydrogen-bond donors (Lipinski definition) is 3. The fraction of sp³-hybridized carbons (Fsp3) is 0.650. The second-order valence-corrected chi connectivity index (χ2v) is 9.38. The number of nitrogens with one attached hydrogen (secondary N) is 3. The Morgan fingerprint density at radius 2 is 1.97 bits per heavy atom. The molecule has 0 bridgehead atoms. The topological polar surface area (TPSA) is 109 Å². The van der Waals surface area contributed by atoms with E-state index in [9.17, 15) is 13.2 Å². The van der Waals surface area contributed by atoms with Crippen molar-refractivity contribution in [2.24, 2.45) is 0 Å². The lowest BCUT2D eigenvalue weighted by molar-refractivity contribution is -0.119. The monoisotopic (exact) mass is 440 g/mol. The van der Waals surface area contributed by atoms with Crippen molar-refractivity contribution in [2.75, 3.05) is 63.2 Å². The molecule has 10 heteroatoms. The third-order valence-corrected chi connectivity index (χ3v) is 7.05. The van der Waals surface area contributed by atoms with Crippen molar-refractivity contribution in [3.63, 3.8) is 0 Å². The Morgan fingerprint density at radius 1 is 1.17 bits per heavy atom. The van der Waals surface area contributed by atoms with Crippen LogP contribution >= 0.6 is 0 Å². The lowest BCUT2D eigenvalue weighted by Gasteiger charge is -2.26. The van der Waals surface area contributed by atoms with E-state index in [-0.39, 0.29) is 23.5 Å². The van der Waals surface area contributed by atoms with Gasteiger partial charge in [-0.3, -0.25) is 4.79 Å². The number of amides is 1. The average molecular weight is 441 g/mol. The van der Waals surface area contributed by atoms with Crippen LogP contribution in [0.2, 0.25) is 0 Å². The predicted octanol–water partition coefficient (Wildman–Crippen LogP) is 1.24. The fourth-order valence-electron chi connectivity index (χ4n) is 3.45. The van der Waals surface area contributed by atoms with E-state index in [1.807, 2.05) is 6.92 Å². The summed E-state index contributed by atoms with van der Waals surface area (Å²) in [5.74, 6) is -0.136. The van der Waals surface area contributed by atoms with E-state index in [2.05, 4.69) is 16.0 Å². The molecule has 1 aromatic rings. The molecule has 2 saturated heterocycles. The SMILES string of the molecule is CCCNC(=O)CNc1cc(S(=O)(=O)N2CCOCC2)ccc1NCC1CCCO1. The first-order valence-corrected chi connectivity index (χ1v) is 12.0. The summed E-state index contributed by atoms with van der Waals surface area (Å²) in [5, 5.41) is 9.24. The molecule has 1 atom stereocenters. The zero-order valence-corrected chi connectivity index (χ0v) is 18.3. The summed E-state index contributed by atoms with van der Waals surface area (Å²) in [5.41, 5.74) is 1.32. The second-order valence-electron chi connectivity index (χ2n) is 7.44. The van der Waals surface area contributed by atoms with Crippen molar-refractivity contribution < 1.29 is 22.7 Å². The summed E-state index contributed by atoms with van der Waals surface area (Å²) in [6.07, 6.45) is 3.04. The number of sulfonamides is 1. The number of rotatable bonds is 10. The maximum atomic E-state index is 13.0. The fourth-order valence-corrected chi connectivity index (χ4v) is 4.89. The van der Waals surface area contributed by atoms with E-state index in [4.69, 9.17) is 9.47 Å². The zero-order chi connectivity index (χ0) is 21.4. The number of hydrogen-bond acceptors (Lipinski definition) is 7. The largest absolute Gasteiger partial charge is 0.381 e. The van der Waals surface area contributed by atoms with Crippen molar-refractivity contribution >= 4 is 27.3 Å². The summed E-state index contributed by atoms with van der Waals surface area (Å²) >= 11 is 0. The van der Waals surface area contributed by atoms with Gasteiger partial charge in [-0.15, -0.1) is 0 Å². The molecule has 168 valence electrons. The molecule has 2 aliphatic rings. The molecule has 1 unspecified atom stereocenters. The van der Waals surface area contributed by atoms with Crippen molar-refractivity contribution in [1.82, 2.24) is 9.62 Å². The quantitative estimate of drug-likeness (QED) is 0.502.